The van der Waals surface area contributed by atoms with Crippen molar-refractivity contribution in [2.75, 3.05) is 0 Å². The first-order valence-electron chi connectivity index (χ1n) is 6.95. The lowest BCUT2D eigenvalue weighted by atomic mass is 10.1. The van der Waals surface area contributed by atoms with Crippen molar-refractivity contribution in [1.82, 2.24) is 0 Å². The summed E-state index contributed by atoms with van der Waals surface area (Å²) >= 11 is 0. The molecule has 0 amide bonds. The summed E-state index contributed by atoms with van der Waals surface area (Å²) in [4.78, 5) is 0. The Labute approximate surface area is 115 Å². The average Bonchev–Trinajstić information content (AvgIpc) is 2.60. The second-order valence-electron chi connectivity index (χ2n) is 7.29. The summed E-state index contributed by atoms with van der Waals surface area (Å²) in [5.74, 6) is -0.710. The fourth-order valence-electron chi connectivity index (χ4n) is 2.81. The van der Waals surface area contributed by atoms with E-state index in [0.717, 1.165) is 6.04 Å². The van der Waals surface area contributed by atoms with Crippen LogP contribution in [0.15, 0.2) is 0 Å². The van der Waals surface area contributed by atoms with Crippen LogP contribution in [0.4, 0.5) is 0 Å². The highest BCUT2D eigenvalue weighted by molar-refractivity contribution is 6.76. The fourth-order valence-corrected chi connectivity index (χ4v) is 4.39. The SMILES string of the molecule is CC1(C)OC2O[C@H](CC(O)C[Si](C)(C)C)[C@H](O)C2O1. The smallest absolute Gasteiger partial charge is 0.190 e. The van der Waals surface area contributed by atoms with Gasteiger partial charge >= 0.3 is 0 Å². The second kappa shape index (κ2) is 5.09. The standard InChI is InChI=1S/C13H26O5Si/c1-13(2)17-11-10(15)9(16-12(11)18-13)6-8(14)7-19(3,4)5/h8-12,14-15H,6-7H2,1-5H3/t8?,9-,10+,11?,12?/m1/s1. The van der Waals surface area contributed by atoms with Crippen LogP contribution in [0, 0.1) is 0 Å². The molecule has 0 spiro atoms. The fraction of sp³-hybridized carbons (Fsp3) is 1.00. The van der Waals surface area contributed by atoms with E-state index in [1.165, 1.54) is 0 Å². The maximum Gasteiger partial charge on any atom is 0.190 e. The third-order valence-electron chi connectivity index (χ3n) is 3.47. The third kappa shape index (κ3) is 3.77. The van der Waals surface area contributed by atoms with E-state index in [1.807, 2.05) is 0 Å². The number of rotatable bonds is 4. The summed E-state index contributed by atoms with van der Waals surface area (Å²) in [6.07, 6.45) is -2.10. The monoisotopic (exact) mass is 290 g/mol. The van der Waals surface area contributed by atoms with Crippen molar-refractivity contribution >= 4 is 8.07 Å². The molecule has 0 aliphatic carbocycles. The average molecular weight is 290 g/mol. The molecular formula is C13H26O5Si. The van der Waals surface area contributed by atoms with Gasteiger partial charge in [0.25, 0.3) is 0 Å². The molecule has 2 fully saturated rings. The maximum atomic E-state index is 10.2. The zero-order chi connectivity index (χ0) is 14.4. The molecular weight excluding hydrogens is 264 g/mol. The molecule has 2 aliphatic rings. The van der Waals surface area contributed by atoms with Crippen LogP contribution >= 0.6 is 0 Å². The number of hydrogen-bond donors (Lipinski definition) is 2. The van der Waals surface area contributed by atoms with Crippen LogP contribution in [0.1, 0.15) is 20.3 Å². The highest BCUT2D eigenvalue weighted by atomic mass is 28.3. The zero-order valence-electron chi connectivity index (χ0n) is 12.4. The van der Waals surface area contributed by atoms with Crippen LogP contribution in [0.25, 0.3) is 0 Å². The van der Waals surface area contributed by atoms with Gasteiger partial charge in [-0.15, -0.1) is 0 Å². The number of ether oxygens (including phenoxy) is 3. The topological polar surface area (TPSA) is 68.2 Å². The molecule has 2 saturated heterocycles. The van der Waals surface area contributed by atoms with Gasteiger partial charge in [0.1, 0.15) is 12.2 Å². The molecule has 2 aliphatic heterocycles. The maximum absolute atomic E-state index is 10.2. The lowest BCUT2D eigenvalue weighted by Crippen LogP contribution is -2.37. The van der Waals surface area contributed by atoms with Crippen LogP contribution in [0.5, 0.6) is 0 Å². The van der Waals surface area contributed by atoms with Gasteiger partial charge in [-0.25, -0.2) is 0 Å². The van der Waals surface area contributed by atoms with Crippen molar-refractivity contribution < 1.29 is 24.4 Å². The molecule has 6 heteroatoms. The first kappa shape index (κ1) is 15.4. The van der Waals surface area contributed by atoms with Gasteiger partial charge in [-0.1, -0.05) is 19.6 Å². The molecule has 0 saturated carbocycles. The van der Waals surface area contributed by atoms with E-state index in [2.05, 4.69) is 19.6 Å². The van der Waals surface area contributed by atoms with E-state index in [1.54, 1.807) is 13.8 Å². The van der Waals surface area contributed by atoms with E-state index >= 15 is 0 Å². The number of aliphatic hydroxyl groups excluding tert-OH is 2. The minimum atomic E-state index is -1.32. The Morgan fingerprint density at radius 3 is 2.37 bits per heavy atom. The molecule has 0 radical (unpaired) electrons. The number of fused-ring (bicyclic) bond motifs is 1. The summed E-state index contributed by atoms with van der Waals surface area (Å²) in [5, 5.41) is 20.3. The summed E-state index contributed by atoms with van der Waals surface area (Å²) in [6.45, 7) is 10.2. The molecule has 3 unspecified atom stereocenters. The zero-order valence-corrected chi connectivity index (χ0v) is 13.4. The largest absolute Gasteiger partial charge is 0.393 e. The third-order valence-corrected chi connectivity index (χ3v) is 5.16. The van der Waals surface area contributed by atoms with Crippen LogP contribution in [-0.2, 0) is 14.2 Å². The Bertz CT molecular complexity index is 327. The second-order valence-corrected chi connectivity index (χ2v) is 12.8. The predicted octanol–water partition coefficient (Wildman–Crippen LogP) is 1.31. The first-order chi connectivity index (χ1) is 8.57. The number of aliphatic hydroxyl groups is 2. The van der Waals surface area contributed by atoms with Crippen molar-refractivity contribution in [2.45, 2.75) is 82.4 Å². The van der Waals surface area contributed by atoms with Crippen LogP contribution in [0.3, 0.4) is 0 Å². The van der Waals surface area contributed by atoms with Crippen molar-refractivity contribution in [3.05, 3.63) is 0 Å². The van der Waals surface area contributed by atoms with E-state index in [9.17, 15) is 10.2 Å². The predicted molar refractivity (Wildman–Crippen MR) is 73.5 cm³/mol. The highest BCUT2D eigenvalue weighted by Gasteiger charge is 2.54. The summed E-state index contributed by atoms with van der Waals surface area (Å²) in [6, 6.07) is 0.808. The van der Waals surface area contributed by atoms with Crippen LogP contribution in [-0.4, -0.2) is 54.8 Å². The minimum absolute atomic E-state index is 0.405. The first-order valence-corrected chi connectivity index (χ1v) is 10.7. The summed E-state index contributed by atoms with van der Waals surface area (Å²) in [7, 11) is -1.32. The quantitative estimate of drug-likeness (QED) is 0.764. The molecule has 112 valence electrons. The molecule has 0 bridgehead atoms. The Hall–Kier alpha value is 0.0169. The lowest BCUT2D eigenvalue weighted by Gasteiger charge is -2.26. The van der Waals surface area contributed by atoms with Gasteiger partial charge in [0.15, 0.2) is 12.1 Å². The van der Waals surface area contributed by atoms with Crippen molar-refractivity contribution in [3.8, 4) is 0 Å². The normalized spacial score (nSPS) is 39.3. The van der Waals surface area contributed by atoms with Gasteiger partial charge in [0.2, 0.25) is 0 Å². The van der Waals surface area contributed by atoms with E-state index in [-0.39, 0.29) is 0 Å². The van der Waals surface area contributed by atoms with Gasteiger partial charge in [0, 0.05) is 14.5 Å². The minimum Gasteiger partial charge on any atom is -0.393 e. The van der Waals surface area contributed by atoms with Crippen LogP contribution in [0.2, 0.25) is 25.7 Å². The lowest BCUT2D eigenvalue weighted by molar-refractivity contribution is -0.217. The van der Waals surface area contributed by atoms with Crippen molar-refractivity contribution in [1.29, 1.82) is 0 Å². The van der Waals surface area contributed by atoms with Gasteiger partial charge in [-0.3, -0.25) is 0 Å². The molecule has 2 N–H and O–H groups in total. The van der Waals surface area contributed by atoms with E-state index < -0.39 is 44.6 Å². The Balaban J connectivity index is 1.88. The highest BCUT2D eigenvalue weighted by Crippen LogP contribution is 2.38. The molecule has 5 nitrogen and oxygen atoms in total. The Kier molecular flexibility index (Phi) is 4.13. The van der Waals surface area contributed by atoms with Crippen molar-refractivity contribution in [2.24, 2.45) is 0 Å². The molecule has 0 aromatic carbocycles. The molecule has 0 aromatic rings. The molecule has 0 aromatic heterocycles. The molecule has 2 heterocycles. The van der Waals surface area contributed by atoms with Gasteiger partial charge < -0.3 is 24.4 Å². The Morgan fingerprint density at radius 1 is 1.21 bits per heavy atom. The van der Waals surface area contributed by atoms with Crippen molar-refractivity contribution in [3.63, 3.8) is 0 Å². The molecule has 19 heavy (non-hydrogen) atoms. The number of hydrogen-bond acceptors (Lipinski definition) is 5. The molecule has 5 atom stereocenters. The Morgan fingerprint density at radius 2 is 1.84 bits per heavy atom. The summed E-state index contributed by atoms with van der Waals surface area (Å²) in [5.41, 5.74) is 0. The molecule has 2 rings (SSSR count). The summed E-state index contributed by atoms with van der Waals surface area (Å²) < 4.78 is 16.9. The van der Waals surface area contributed by atoms with Gasteiger partial charge in [0.05, 0.1) is 12.2 Å². The van der Waals surface area contributed by atoms with Crippen LogP contribution < -0.4 is 0 Å². The van der Waals surface area contributed by atoms with E-state index in [0.29, 0.717) is 6.42 Å². The van der Waals surface area contributed by atoms with E-state index in [4.69, 9.17) is 14.2 Å². The van der Waals surface area contributed by atoms with Gasteiger partial charge in [-0.2, -0.15) is 0 Å². The van der Waals surface area contributed by atoms with Gasteiger partial charge in [-0.05, 0) is 19.9 Å².